The summed E-state index contributed by atoms with van der Waals surface area (Å²) in [6.07, 6.45) is -4.37. The number of halogens is 3. The molecule has 0 saturated carbocycles. The second-order valence-electron chi connectivity index (χ2n) is 3.00. The second kappa shape index (κ2) is 4.95. The number of hydrogen-bond donors (Lipinski definition) is 3. The number of rotatable bonds is 3. The molecule has 0 aromatic heterocycles. The van der Waals surface area contributed by atoms with Gasteiger partial charge < -0.3 is 5.32 Å². The smallest absolute Gasteiger partial charge is 0.325 e. The SMILES string of the molecule is NNCC(=O)Nc1ccc(C(F)(F)F)cc1. The Morgan fingerprint density at radius 2 is 1.81 bits per heavy atom. The van der Waals surface area contributed by atoms with Crippen LogP contribution in [0.4, 0.5) is 18.9 Å². The number of nitrogens with one attached hydrogen (secondary N) is 2. The number of anilines is 1. The maximum atomic E-state index is 12.2. The van der Waals surface area contributed by atoms with Gasteiger partial charge in [0.15, 0.2) is 0 Å². The molecule has 0 aliphatic carbocycles. The highest BCUT2D eigenvalue weighted by molar-refractivity contribution is 5.92. The van der Waals surface area contributed by atoms with Gasteiger partial charge in [-0.15, -0.1) is 0 Å². The lowest BCUT2D eigenvalue weighted by molar-refractivity contribution is -0.137. The van der Waals surface area contributed by atoms with Gasteiger partial charge in [0.25, 0.3) is 0 Å². The molecule has 0 unspecified atom stereocenters. The van der Waals surface area contributed by atoms with Gasteiger partial charge in [0, 0.05) is 5.69 Å². The molecule has 88 valence electrons. The molecule has 7 heteroatoms. The second-order valence-corrected chi connectivity index (χ2v) is 3.00. The van der Waals surface area contributed by atoms with Gasteiger partial charge in [0.05, 0.1) is 12.1 Å². The van der Waals surface area contributed by atoms with Gasteiger partial charge in [-0.25, -0.2) is 0 Å². The molecule has 4 nitrogen and oxygen atoms in total. The van der Waals surface area contributed by atoms with Crippen LogP contribution in [0.1, 0.15) is 5.56 Å². The summed E-state index contributed by atoms with van der Waals surface area (Å²) in [4.78, 5) is 11.0. The first kappa shape index (κ1) is 12.5. The van der Waals surface area contributed by atoms with E-state index >= 15 is 0 Å². The molecule has 0 bridgehead atoms. The molecule has 0 fully saturated rings. The minimum Gasteiger partial charge on any atom is -0.325 e. The quantitative estimate of drug-likeness (QED) is 0.541. The number of benzene rings is 1. The minimum absolute atomic E-state index is 0.110. The van der Waals surface area contributed by atoms with E-state index < -0.39 is 17.6 Å². The van der Waals surface area contributed by atoms with E-state index in [1.165, 1.54) is 12.1 Å². The first-order valence-electron chi connectivity index (χ1n) is 4.34. The molecule has 0 atom stereocenters. The Kier molecular flexibility index (Phi) is 3.86. The largest absolute Gasteiger partial charge is 0.416 e. The van der Waals surface area contributed by atoms with Gasteiger partial charge in [-0.05, 0) is 24.3 Å². The van der Waals surface area contributed by atoms with Gasteiger partial charge >= 0.3 is 6.18 Å². The van der Waals surface area contributed by atoms with Crippen molar-refractivity contribution in [1.82, 2.24) is 5.43 Å². The van der Waals surface area contributed by atoms with E-state index in [9.17, 15) is 18.0 Å². The standard InChI is InChI=1S/C9H10F3N3O/c10-9(11,12)6-1-3-7(4-2-6)15-8(16)5-14-13/h1-4,14H,5,13H2,(H,15,16). The molecular formula is C9H10F3N3O. The van der Waals surface area contributed by atoms with E-state index in [-0.39, 0.29) is 12.2 Å². The Morgan fingerprint density at radius 1 is 1.25 bits per heavy atom. The van der Waals surface area contributed by atoms with Crippen molar-refractivity contribution in [2.75, 3.05) is 11.9 Å². The Hall–Kier alpha value is -1.60. The third-order valence-corrected chi connectivity index (χ3v) is 1.76. The first-order chi connectivity index (χ1) is 7.43. The normalized spacial score (nSPS) is 11.2. The van der Waals surface area contributed by atoms with Crippen LogP contribution in [-0.2, 0) is 11.0 Å². The van der Waals surface area contributed by atoms with Crippen molar-refractivity contribution in [2.24, 2.45) is 5.84 Å². The Balaban J connectivity index is 2.69. The summed E-state index contributed by atoms with van der Waals surface area (Å²) in [5, 5.41) is 2.37. The summed E-state index contributed by atoms with van der Waals surface area (Å²) >= 11 is 0. The third-order valence-electron chi connectivity index (χ3n) is 1.76. The Labute approximate surface area is 89.6 Å². The average molecular weight is 233 g/mol. The van der Waals surface area contributed by atoms with Crippen LogP contribution in [0.2, 0.25) is 0 Å². The zero-order valence-electron chi connectivity index (χ0n) is 8.14. The summed E-state index contributed by atoms with van der Waals surface area (Å²) in [5.41, 5.74) is 1.66. The fourth-order valence-corrected chi connectivity index (χ4v) is 1.04. The number of carbonyl (C=O) groups is 1. The fourth-order valence-electron chi connectivity index (χ4n) is 1.04. The zero-order valence-corrected chi connectivity index (χ0v) is 8.14. The Bertz CT molecular complexity index is 361. The molecule has 1 amide bonds. The molecule has 16 heavy (non-hydrogen) atoms. The highest BCUT2D eigenvalue weighted by Gasteiger charge is 2.29. The number of carbonyl (C=O) groups excluding carboxylic acids is 1. The topological polar surface area (TPSA) is 67.1 Å². The molecule has 1 aromatic rings. The maximum Gasteiger partial charge on any atom is 0.416 e. The molecule has 4 N–H and O–H groups in total. The number of alkyl halides is 3. The molecule has 0 aliphatic heterocycles. The molecule has 0 heterocycles. The highest BCUT2D eigenvalue weighted by Crippen LogP contribution is 2.29. The van der Waals surface area contributed by atoms with E-state index in [0.29, 0.717) is 0 Å². The van der Waals surface area contributed by atoms with E-state index in [2.05, 4.69) is 10.7 Å². The molecule has 0 aliphatic rings. The average Bonchev–Trinajstić information content (AvgIpc) is 2.17. The summed E-state index contributed by atoms with van der Waals surface area (Å²) in [7, 11) is 0. The molecule has 0 radical (unpaired) electrons. The maximum absolute atomic E-state index is 12.2. The van der Waals surface area contributed by atoms with Crippen LogP contribution in [0.3, 0.4) is 0 Å². The van der Waals surface area contributed by atoms with Crippen LogP contribution in [-0.4, -0.2) is 12.5 Å². The monoisotopic (exact) mass is 233 g/mol. The van der Waals surface area contributed by atoms with Crippen LogP contribution >= 0.6 is 0 Å². The predicted octanol–water partition coefficient (Wildman–Crippen LogP) is 1.11. The fraction of sp³-hybridized carbons (Fsp3) is 0.222. The predicted molar refractivity (Wildman–Crippen MR) is 52.3 cm³/mol. The van der Waals surface area contributed by atoms with Crippen molar-refractivity contribution in [3.63, 3.8) is 0 Å². The summed E-state index contributed by atoms with van der Waals surface area (Å²) < 4.78 is 36.6. The summed E-state index contributed by atoms with van der Waals surface area (Å²) in [6.45, 7) is -0.110. The van der Waals surface area contributed by atoms with Crippen molar-refractivity contribution >= 4 is 11.6 Å². The van der Waals surface area contributed by atoms with Gasteiger partial charge in [0.2, 0.25) is 5.91 Å². The lowest BCUT2D eigenvalue weighted by Crippen LogP contribution is -2.32. The van der Waals surface area contributed by atoms with E-state index in [1.807, 2.05) is 0 Å². The molecular weight excluding hydrogens is 223 g/mol. The van der Waals surface area contributed by atoms with Gasteiger partial charge in [-0.2, -0.15) is 13.2 Å². The van der Waals surface area contributed by atoms with Gasteiger partial charge in [-0.1, -0.05) is 0 Å². The number of nitrogens with two attached hydrogens (primary N) is 1. The van der Waals surface area contributed by atoms with E-state index in [4.69, 9.17) is 5.84 Å². The zero-order chi connectivity index (χ0) is 12.2. The van der Waals surface area contributed by atoms with Gasteiger partial charge in [-0.3, -0.25) is 16.1 Å². The van der Waals surface area contributed by atoms with Crippen LogP contribution < -0.4 is 16.6 Å². The molecule has 0 saturated heterocycles. The lowest BCUT2D eigenvalue weighted by Gasteiger charge is -2.08. The highest BCUT2D eigenvalue weighted by atomic mass is 19.4. The molecule has 0 spiro atoms. The van der Waals surface area contributed by atoms with Crippen molar-refractivity contribution in [3.8, 4) is 0 Å². The third kappa shape index (κ3) is 3.52. The number of hydrogen-bond acceptors (Lipinski definition) is 3. The molecule has 1 aromatic carbocycles. The summed E-state index contributed by atoms with van der Waals surface area (Å²) in [6, 6.07) is 4.14. The van der Waals surface area contributed by atoms with Crippen LogP contribution in [0, 0.1) is 0 Å². The first-order valence-corrected chi connectivity index (χ1v) is 4.34. The van der Waals surface area contributed by atoms with E-state index in [1.54, 1.807) is 0 Å². The minimum atomic E-state index is -4.37. The van der Waals surface area contributed by atoms with Crippen molar-refractivity contribution in [1.29, 1.82) is 0 Å². The number of hydrazine groups is 1. The number of amides is 1. The Morgan fingerprint density at radius 3 is 2.25 bits per heavy atom. The van der Waals surface area contributed by atoms with Crippen LogP contribution in [0.5, 0.6) is 0 Å². The van der Waals surface area contributed by atoms with Crippen molar-refractivity contribution in [2.45, 2.75) is 6.18 Å². The van der Waals surface area contributed by atoms with Crippen LogP contribution in [0.15, 0.2) is 24.3 Å². The van der Waals surface area contributed by atoms with Crippen LogP contribution in [0.25, 0.3) is 0 Å². The summed E-state index contributed by atoms with van der Waals surface area (Å²) in [5.74, 6) is 4.48. The molecule has 1 rings (SSSR count). The van der Waals surface area contributed by atoms with Crippen molar-refractivity contribution < 1.29 is 18.0 Å². The van der Waals surface area contributed by atoms with Crippen molar-refractivity contribution in [3.05, 3.63) is 29.8 Å². The van der Waals surface area contributed by atoms with E-state index in [0.717, 1.165) is 12.1 Å². The lowest BCUT2D eigenvalue weighted by atomic mass is 10.2. The van der Waals surface area contributed by atoms with Gasteiger partial charge in [0.1, 0.15) is 0 Å².